The van der Waals surface area contributed by atoms with Crippen molar-refractivity contribution in [2.75, 3.05) is 11.9 Å². The molecule has 0 aliphatic rings. The second kappa shape index (κ2) is 6.64. The van der Waals surface area contributed by atoms with Crippen LogP contribution in [0.3, 0.4) is 0 Å². The maximum Gasteiger partial charge on any atom is 0.355 e. The quantitative estimate of drug-likeness (QED) is 0.881. The van der Waals surface area contributed by atoms with E-state index in [0.29, 0.717) is 28.3 Å². The average Bonchev–Trinajstić information content (AvgIpc) is 2.69. The molecule has 0 fully saturated rings. The van der Waals surface area contributed by atoms with Crippen molar-refractivity contribution >= 4 is 17.7 Å². The maximum absolute atomic E-state index is 12.6. The topological polar surface area (TPSA) is 73.2 Å². The number of nitrogens with zero attached hydrogens (tertiary/aromatic N) is 2. The molecule has 0 atom stereocenters. The Labute approximate surface area is 135 Å². The highest BCUT2D eigenvalue weighted by atomic mass is 16.5. The number of carbonyl (C=O) groups is 2. The van der Waals surface area contributed by atoms with Gasteiger partial charge in [0.25, 0.3) is 5.91 Å². The van der Waals surface area contributed by atoms with E-state index >= 15 is 0 Å². The molecule has 2 heterocycles. The molecule has 0 radical (unpaired) electrons. The molecule has 1 amide bonds. The number of rotatable bonds is 4. The van der Waals surface area contributed by atoms with Crippen LogP contribution in [-0.2, 0) is 11.8 Å². The van der Waals surface area contributed by atoms with Crippen LogP contribution < -0.4 is 5.32 Å². The molecule has 0 aliphatic heterocycles. The summed E-state index contributed by atoms with van der Waals surface area (Å²) in [6.45, 7) is 7.44. The third kappa shape index (κ3) is 3.26. The molecule has 0 saturated carbocycles. The van der Waals surface area contributed by atoms with E-state index in [0.717, 1.165) is 5.69 Å². The Morgan fingerprint density at radius 2 is 1.96 bits per heavy atom. The maximum atomic E-state index is 12.6. The van der Waals surface area contributed by atoms with Crippen molar-refractivity contribution < 1.29 is 14.3 Å². The highest BCUT2D eigenvalue weighted by Gasteiger charge is 2.25. The molecule has 6 heteroatoms. The van der Waals surface area contributed by atoms with Crippen LogP contribution in [0.1, 0.15) is 44.7 Å². The van der Waals surface area contributed by atoms with Gasteiger partial charge in [-0.15, -0.1) is 0 Å². The van der Waals surface area contributed by atoms with Gasteiger partial charge in [-0.1, -0.05) is 6.07 Å². The number of nitrogens with one attached hydrogen (secondary N) is 1. The van der Waals surface area contributed by atoms with Crippen LogP contribution in [0.2, 0.25) is 0 Å². The molecular weight excluding hydrogens is 294 g/mol. The van der Waals surface area contributed by atoms with Crippen LogP contribution in [0.4, 0.5) is 5.82 Å². The first-order valence-corrected chi connectivity index (χ1v) is 7.44. The van der Waals surface area contributed by atoms with Gasteiger partial charge in [0.15, 0.2) is 0 Å². The highest BCUT2D eigenvalue weighted by molar-refractivity contribution is 6.08. The number of anilines is 1. The smallest absolute Gasteiger partial charge is 0.355 e. The predicted molar refractivity (Wildman–Crippen MR) is 87.8 cm³/mol. The highest BCUT2D eigenvalue weighted by Crippen LogP contribution is 2.23. The molecule has 2 aromatic heterocycles. The largest absolute Gasteiger partial charge is 0.461 e. The lowest BCUT2D eigenvalue weighted by molar-refractivity contribution is 0.0514. The van der Waals surface area contributed by atoms with E-state index in [9.17, 15) is 9.59 Å². The minimum Gasteiger partial charge on any atom is -0.461 e. The summed E-state index contributed by atoms with van der Waals surface area (Å²) in [5.74, 6) is -0.233. The summed E-state index contributed by atoms with van der Waals surface area (Å²) in [6.07, 6.45) is 0. The summed E-state index contributed by atoms with van der Waals surface area (Å²) < 4.78 is 6.75. The number of carbonyl (C=O) groups excluding carboxylic acids is 2. The van der Waals surface area contributed by atoms with E-state index in [-0.39, 0.29) is 12.5 Å². The number of pyridine rings is 1. The van der Waals surface area contributed by atoms with Crippen molar-refractivity contribution in [2.45, 2.75) is 27.7 Å². The van der Waals surface area contributed by atoms with Gasteiger partial charge in [-0.2, -0.15) is 0 Å². The van der Waals surface area contributed by atoms with Crippen molar-refractivity contribution in [3.63, 3.8) is 0 Å². The first kappa shape index (κ1) is 16.7. The number of aromatic nitrogens is 2. The van der Waals surface area contributed by atoms with Crippen LogP contribution in [-0.4, -0.2) is 28.0 Å². The Balaban J connectivity index is 2.38. The lowest BCUT2D eigenvalue weighted by Crippen LogP contribution is -2.15. The molecule has 1 N–H and O–H groups in total. The molecule has 122 valence electrons. The number of hydrogen-bond donors (Lipinski definition) is 1. The summed E-state index contributed by atoms with van der Waals surface area (Å²) >= 11 is 0. The molecular formula is C17H21N3O3. The summed E-state index contributed by atoms with van der Waals surface area (Å²) in [6, 6.07) is 5.41. The molecule has 0 aromatic carbocycles. The van der Waals surface area contributed by atoms with Gasteiger partial charge in [-0.3, -0.25) is 4.79 Å². The normalized spacial score (nSPS) is 10.5. The van der Waals surface area contributed by atoms with Crippen LogP contribution in [0.25, 0.3) is 0 Å². The Morgan fingerprint density at radius 3 is 2.57 bits per heavy atom. The summed E-state index contributed by atoms with van der Waals surface area (Å²) in [4.78, 5) is 28.9. The lowest BCUT2D eigenvalue weighted by Gasteiger charge is -2.06. The minimum atomic E-state index is -0.427. The van der Waals surface area contributed by atoms with Crippen molar-refractivity contribution in [1.82, 2.24) is 9.55 Å². The number of hydrogen-bond acceptors (Lipinski definition) is 4. The number of amides is 1. The molecule has 23 heavy (non-hydrogen) atoms. The Kier molecular flexibility index (Phi) is 4.83. The number of ether oxygens (including phenoxy) is 1. The molecule has 2 aromatic rings. The van der Waals surface area contributed by atoms with Crippen molar-refractivity contribution in [1.29, 1.82) is 0 Å². The molecule has 0 unspecified atom stereocenters. The van der Waals surface area contributed by atoms with E-state index in [1.54, 1.807) is 38.5 Å². The van der Waals surface area contributed by atoms with Gasteiger partial charge in [-0.05, 0) is 45.4 Å². The van der Waals surface area contributed by atoms with E-state index in [1.807, 2.05) is 19.1 Å². The van der Waals surface area contributed by atoms with E-state index in [2.05, 4.69) is 10.3 Å². The molecule has 0 aliphatic carbocycles. The predicted octanol–water partition coefficient (Wildman–Crippen LogP) is 2.77. The SMILES string of the molecule is CCOC(=O)c1c(C)c(C(=O)Nc2cccc(C)n2)c(C)n1C. The zero-order valence-electron chi connectivity index (χ0n) is 14.1. The number of esters is 1. The number of aryl methyl sites for hydroxylation is 1. The zero-order chi connectivity index (χ0) is 17.1. The fraction of sp³-hybridized carbons (Fsp3) is 0.353. The van der Waals surface area contributed by atoms with Crippen LogP contribution in [0.5, 0.6) is 0 Å². The Hall–Kier alpha value is -2.63. The van der Waals surface area contributed by atoms with Gasteiger partial charge in [0.2, 0.25) is 0 Å². The monoisotopic (exact) mass is 315 g/mol. The van der Waals surface area contributed by atoms with Crippen LogP contribution in [0, 0.1) is 20.8 Å². The molecule has 0 spiro atoms. The van der Waals surface area contributed by atoms with Crippen molar-refractivity contribution in [2.24, 2.45) is 7.05 Å². The van der Waals surface area contributed by atoms with E-state index < -0.39 is 5.97 Å². The van der Waals surface area contributed by atoms with Gasteiger partial charge in [0.05, 0.1) is 12.2 Å². The third-order valence-corrected chi connectivity index (χ3v) is 3.76. The van der Waals surface area contributed by atoms with Gasteiger partial charge in [-0.25, -0.2) is 9.78 Å². The van der Waals surface area contributed by atoms with Gasteiger partial charge in [0, 0.05) is 18.4 Å². The summed E-state index contributed by atoms with van der Waals surface area (Å²) in [5.41, 5.74) is 2.99. The minimum absolute atomic E-state index is 0.288. The van der Waals surface area contributed by atoms with Crippen molar-refractivity contribution in [3.8, 4) is 0 Å². The van der Waals surface area contributed by atoms with E-state index in [4.69, 9.17) is 4.74 Å². The van der Waals surface area contributed by atoms with Gasteiger partial charge < -0.3 is 14.6 Å². The first-order chi connectivity index (χ1) is 10.9. The standard InChI is InChI=1S/C17H21N3O3/c1-6-23-17(22)15-11(3)14(12(4)20(15)5)16(21)19-13-9-7-8-10(2)18-13/h7-9H,6H2,1-5H3,(H,18,19,21). The molecule has 0 bridgehead atoms. The summed E-state index contributed by atoms with van der Waals surface area (Å²) in [5, 5.41) is 2.78. The Bertz CT molecular complexity index is 763. The molecule has 2 rings (SSSR count). The van der Waals surface area contributed by atoms with E-state index in [1.165, 1.54) is 0 Å². The fourth-order valence-electron chi connectivity index (χ4n) is 2.59. The third-order valence-electron chi connectivity index (χ3n) is 3.76. The van der Waals surface area contributed by atoms with Gasteiger partial charge in [0.1, 0.15) is 11.5 Å². The lowest BCUT2D eigenvalue weighted by atomic mass is 10.1. The average molecular weight is 315 g/mol. The second-order valence-electron chi connectivity index (χ2n) is 5.33. The molecule has 0 saturated heterocycles. The summed E-state index contributed by atoms with van der Waals surface area (Å²) in [7, 11) is 1.75. The van der Waals surface area contributed by atoms with Crippen LogP contribution >= 0.6 is 0 Å². The van der Waals surface area contributed by atoms with Gasteiger partial charge >= 0.3 is 5.97 Å². The molecule has 6 nitrogen and oxygen atoms in total. The second-order valence-corrected chi connectivity index (χ2v) is 5.33. The Morgan fingerprint density at radius 1 is 1.26 bits per heavy atom. The zero-order valence-corrected chi connectivity index (χ0v) is 14.1. The van der Waals surface area contributed by atoms with Crippen molar-refractivity contribution in [3.05, 3.63) is 46.4 Å². The first-order valence-electron chi connectivity index (χ1n) is 7.44. The fourth-order valence-corrected chi connectivity index (χ4v) is 2.59. The van der Waals surface area contributed by atoms with Crippen LogP contribution in [0.15, 0.2) is 18.2 Å².